The van der Waals surface area contributed by atoms with Gasteiger partial charge in [-0.2, -0.15) is 0 Å². The minimum Gasteiger partial charge on any atom is -0.493 e. The van der Waals surface area contributed by atoms with E-state index in [4.69, 9.17) is 26.4 Å². The topological polar surface area (TPSA) is 72.9 Å². The van der Waals surface area contributed by atoms with Crippen molar-refractivity contribution in [3.8, 4) is 23.0 Å². The van der Waals surface area contributed by atoms with Gasteiger partial charge in [-0.3, -0.25) is 9.78 Å². The fraction of sp³-hybridized carbons (Fsp3) is 0.148. The van der Waals surface area contributed by atoms with Crippen LogP contribution in [0.25, 0.3) is 10.9 Å². The van der Waals surface area contributed by atoms with Crippen molar-refractivity contribution in [2.45, 2.75) is 6.42 Å². The predicted octanol–water partition coefficient (Wildman–Crippen LogP) is 5.26. The molecular formula is C27H24FN3O4S. The zero-order chi connectivity index (χ0) is 25.7. The van der Waals surface area contributed by atoms with E-state index in [9.17, 15) is 4.79 Å². The van der Waals surface area contributed by atoms with Crippen molar-refractivity contribution in [3.05, 3.63) is 84.3 Å². The third-order valence-corrected chi connectivity index (χ3v) is 5.87. The summed E-state index contributed by atoms with van der Waals surface area (Å²) >= 11 is 5.34. The molecule has 3 aromatic carbocycles. The molecule has 0 saturated heterocycles. The Morgan fingerprint density at radius 2 is 1.75 bits per heavy atom. The summed E-state index contributed by atoms with van der Waals surface area (Å²) in [5, 5.41) is 3.47. The van der Waals surface area contributed by atoms with E-state index in [1.165, 1.54) is 24.1 Å². The summed E-state index contributed by atoms with van der Waals surface area (Å²) in [6.45, 7) is 0. The monoisotopic (exact) mass is 505 g/mol. The van der Waals surface area contributed by atoms with Crippen LogP contribution >= 0.6 is 12.2 Å². The molecule has 0 aliphatic carbocycles. The predicted molar refractivity (Wildman–Crippen MR) is 141 cm³/mol. The van der Waals surface area contributed by atoms with Crippen molar-refractivity contribution in [2.75, 3.05) is 26.2 Å². The van der Waals surface area contributed by atoms with Crippen LogP contribution in [0.5, 0.6) is 23.0 Å². The second kappa shape index (κ2) is 11.0. The van der Waals surface area contributed by atoms with Gasteiger partial charge in [-0.1, -0.05) is 30.3 Å². The summed E-state index contributed by atoms with van der Waals surface area (Å²) in [6, 6.07) is 18.9. The summed E-state index contributed by atoms with van der Waals surface area (Å²) in [5.74, 6) is 0.567. The maximum Gasteiger partial charge on any atom is 0.230 e. The number of hydrogen-bond donors (Lipinski definition) is 1. The lowest BCUT2D eigenvalue weighted by atomic mass is 10.1. The molecule has 0 aliphatic heterocycles. The molecule has 4 rings (SSSR count). The molecule has 4 aromatic rings. The largest absolute Gasteiger partial charge is 0.493 e. The third kappa shape index (κ3) is 5.36. The van der Waals surface area contributed by atoms with Crippen molar-refractivity contribution in [2.24, 2.45) is 0 Å². The number of pyridine rings is 1. The van der Waals surface area contributed by atoms with Gasteiger partial charge >= 0.3 is 0 Å². The standard InChI is InChI=1S/C27H24FN3O4S/c1-31(27(36)30-24(32)15-17-7-5-4-6-8-17)18-9-11-22(20(28)16-18)35-21-13-14-29-25-19(21)10-12-23(33-2)26(25)34-3/h4-14,16H,15H2,1-3H3,(H,30,32,36). The van der Waals surface area contributed by atoms with E-state index in [-0.39, 0.29) is 23.2 Å². The number of rotatable bonds is 7. The number of nitrogens with one attached hydrogen (secondary N) is 1. The van der Waals surface area contributed by atoms with Gasteiger partial charge in [0.1, 0.15) is 11.3 Å². The molecule has 1 aromatic heterocycles. The lowest BCUT2D eigenvalue weighted by Crippen LogP contribution is -2.41. The van der Waals surface area contributed by atoms with Gasteiger partial charge in [-0.05, 0) is 48.1 Å². The molecule has 1 amide bonds. The van der Waals surface area contributed by atoms with E-state index in [2.05, 4.69) is 10.3 Å². The highest BCUT2D eigenvalue weighted by Crippen LogP contribution is 2.39. The summed E-state index contributed by atoms with van der Waals surface area (Å²) in [6.07, 6.45) is 1.74. The second-order valence-corrected chi connectivity index (χ2v) is 8.18. The van der Waals surface area contributed by atoms with Crippen LogP contribution in [0.4, 0.5) is 10.1 Å². The Morgan fingerprint density at radius 3 is 2.44 bits per heavy atom. The van der Waals surface area contributed by atoms with Crippen LogP contribution in [0, 0.1) is 5.82 Å². The van der Waals surface area contributed by atoms with Crippen molar-refractivity contribution < 1.29 is 23.4 Å². The average molecular weight is 506 g/mol. The first kappa shape index (κ1) is 24.9. The first-order valence-electron chi connectivity index (χ1n) is 11.0. The van der Waals surface area contributed by atoms with Crippen molar-refractivity contribution in [1.29, 1.82) is 0 Å². The molecule has 1 heterocycles. The Morgan fingerprint density at radius 1 is 1.00 bits per heavy atom. The summed E-state index contributed by atoms with van der Waals surface area (Å²) < 4.78 is 31.7. The van der Waals surface area contributed by atoms with E-state index >= 15 is 4.39 Å². The van der Waals surface area contributed by atoms with Gasteiger partial charge in [0.15, 0.2) is 28.2 Å². The number of nitrogens with zero attached hydrogens (tertiary/aromatic N) is 2. The van der Waals surface area contributed by atoms with Crippen LogP contribution in [0.3, 0.4) is 0 Å². The number of methoxy groups -OCH3 is 2. The number of thiocarbonyl (C=S) groups is 1. The van der Waals surface area contributed by atoms with E-state index in [1.807, 2.05) is 30.3 Å². The number of hydrogen-bond acceptors (Lipinski definition) is 6. The van der Waals surface area contributed by atoms with Gasteiger partial charge in [0.25, 0.3) is 0 Å². The molecule has 0 unspecified atom stereocenters. The maximum atomic E-state index is 15.0. The Kier molecular flexibility index (Phi) is 7.60. The molecule has 0 fully saturated rings. The Bertz CT molecular complexity index is 1420. The van der Waals surface area contributed by atoms with Crippen LogP contribution in [-0.4, -0.2) is 37.3 Å². The van der Waals surface area contributed by atoms with E-state index < -0.39 is 5.82 Å². The minimum absolute atomic E-state index is 0.0217. The number of anilines is 1. The summed E-state index contributed by atoms with van der Waals surface area (Å²) in [5.41, 5.74) is 1.85. The molecule has 0 bridgehead atoms. The Balaban J connectivity index is 1.50. The molecule has 0 aliphatic rings. The number of amides is 1. The summed E-state index contributed by atoms with van der Waals surface area (Å²) in [7, 11) is 4.71. The zero-order valence-corrected chi connectivity index (χ0v) is 20.8. The quantitative estimate of drug-likeness (QED) is 0.343. The number of carbonyl (C=O) groups excluding carboxylic acids is 1. The van der Waals surface area contributed by atoms with Crippen LogP contribution in [0.2, 0.25) is 0 Å². The smallest absolute Gasteiger partial charge is 0.230 e. The zero-order valence-electron chi connectivity index (χ0n) is 19.9. The highest BCUT2D eigenvalue weighted by Gasteiger charge is 2.17. The van der Waals surface area contributed by atoms with Gasteiger partial charge in [-0.15, -0.1) is 0 Å². The third-order valence-electron chi connectivity index (χ3n) is 5.50. The minimum atomic E-state index is -0.594. The van der Waals surface area contributed by atoms with Gasteiger partial charge in [0, 0.05) is 30.4 Å². The molecular weight excluding hydrogens is 481 g/mol. The van der Waals surface area contributed by atoms with Gasteiger partial charge in [0.05, 0.1) is 20.6 Å². The second-order valence-electron chi connectivity index (χ2n) is 7.80. The lowest BCUT2D eigenvalue weighted by molar-refractivity contribution is -0.119. The fourth-order valence-corrected chi connectivity index (χ4v) is 3.86. The number of ether oxygens (including phenoxy) is 3. The van der Waals surface area contributed by atoms with E-state index in [0.29, 0.717) is 33.8 Å². The number of benzene rings is 3. The Hall–Kier alpha value is -4.24. The highest BCUT2D eigenvalue weighted by molar-refractivity contribution is 7.80. The fourth-order valence-electron chi connectivity index (χ4n) is 3.64. The molecule has 9 heteroatoms. The van der Waals surface area contributed by atoms with Crippen molar-refractivity contribution in [3.63, 3.8) is 0 Å². The molecule has 7 nitrogen and oxygen atoms in total. The molecule has 0 radical (unpaired) electrons. The van der Waals surface area contributed by atoms with Crippen LogP contribution in [-0.2, 0) is 11.2 Å². The van der Waals surface area contributed by atoms with Crippen LogP contribution in [0.1, 0.15) is 5.56 Å². The number of aromatic nitrogens is 1. The molecule has 0 spiro atoms. The number of halogens is 1. The SMILES string of the molecule is COc1ccc2c(Oc3ccc(N(C)C(=S)NC(=O)Cc4ccccc4)cc3F)ccnc2c1OC. The first-order valence-corrected chi connectivity index (χ1v) is 11.4. The molecule has 36 heavy (non-hydrogen) atoms. The first-order chi connectivity index (χ1) is 17.4. The number of carbonyl (C=O) groups is 1. The molecule has 0 saturated carbocycles. The van der Waals surface area contributed by atoms with Gasteiger partial charge in [0.2, 0.25) is 5.91 Å². The van der Waals surface area contributed by atoms with Gasteiger partial charge < -0.3 is 24.4 Å². The summed E-state index contributed by atoms with van der Waals surface area (Å²) in [4.78, 5) is 18.2. The highest BCUT2D eigenvalue weighted by atomic mass is 32.1. The van der Waals surface area contributed by atoms with Crippen molar-refractivity contribution >= 4 is 39.8 Å². The van der Waals surface area contributed by atoms with Gasteiger partial charge in [-0.25, -0.2) is 4.39 Å². The van der Waals surface area contributed by atoms with Crippen molar-refractivity contribution in [1.82, 2.24) is 10.3 Å². The molecule has 1 N–H and O–H groups in total. The Labute approximate surface area is 213 Å². The number of fused-ring (bicyclic) bond motifs is 1. The van der Waals surface area contributed by atoms with E-state index in [1.54, 1.807) is 44.6 Å². The average Bonchev–Trinajstić information content (AvgIpc) is 2.89. The molecule has 184 valence electrons. The maximum absolute atomic E-state index is 15.0. The molecule has 0 atom stereocenters. The van der Waals surface area contributed by atoms with E-state index in [0.717, 1.165) is 5.56 Å². The normalized spacial score (nSPS) is 10.6. The lowest BCUT2D eigenvalue weighted by Gasteiger charge is -2.21. The van der Waals surface area contributed by atoms with Crippen LogP contribution < -0.4 is 24.4 Å². The van der Waals surface area contributed by atoms with Crippen LogP contribution in [0.15, 0.2) is 72.9 Å².